The number of hydrogen-bond donors (Lipinski definition) is 3. The second-order valence-electron chi connectivity index (χ2n) is 6.85. The zero-order valence-corrected chi connectivity index (χ0v) is 18.2. The molecule has 1 aromatic carbocycles. The normalized spacial score (nSPS) is 15.5. The third-order valence-corrected chi connectivity index (χ3v) is 4.45. The van der Waals surface area contributed by atoms with Crippen molar-refractivity contribution in [3.8, 4) is 0 Å². The van der Waals surface area contributed by atoms with Gasteiger partial charge in [0.15, 0.2) is 5.96 Å². The van der Waals surface area contributed by atoms with Crippen molar-refractivity contribution in [2.45, 2.75) is 38.2 Å². The minimum atomic E-state index is -0.608. The molecule has 26 heavy (non-hydrogen) atoms. The lowest BCUT2D eigenvalue weighted by molar-refractivity contribution is -0.0236. The lowest BCUT2D eigenvalue weighted by Crippen LogP contribution is -2.43. The van der Waals surface area contributed by atoms with E-state index in [0.717, 1.165) is 43.8 Å². The van der Waals surface area contributed by atoms with Gasteiger partial charge in [0.2, 0.25) is 0 Å². The summed E-state index contributed by atoms with van der Waals surface area (Å²) in [4.78, 5) is 18.1. The average Bonchev–Trinajstić information content (AvgIpc) is 2.57. The molecule has 0 radical (unpaired) electrons. The molecule has 0 heterocycles. The van der Waals surface area contributed by atoms with E-state index in [2.05, 4.69) is 15.6 Å². The number of carbonyl (C=O) groups excluding carboxylic acids is 1. The Labute approximate surface area is 173 Å². The predicted molar refractivity (Wildman–Crippen MR) is 116 cm³/mol. The molecule has 7 heteroatoms. The minimum Gasteiger partial charge on any atom is -0.388 e. The fourth-order valence-electron chi connectivity index (χ4n) is 2.75. The third-order valence-electron chi connectivity index (χ3n) is 4.45. The molecule has 2 rings (SSSR count). The number of aliphatic hydroxyl groups is 1. The highest BCUT2D eigenvalue weighted by Crippen LogP contribution is 2.31. The van der Waals surface area contributed by atoms with E-state index in [-0.39, 0.29) is 29.9 Å². The third kappa shape index (κ3) is 6.75. The molecule has 146 valence electrons. The van der Waals surface area contributed by atoms with Crippen LogP contribution in [0.5, 0.6) is 0 Å². The number of nitrogens with one attached hydrogen (secondary N) is 2. The topological polar surface area (TPSA) is 77.0 Å². The van der Waals surface area contributed by atoms with Gasteiger partial charge in [-0.15, -0.1) is 24.0 Å². The molecule has 1 aromatic rings. The van der Waals surface area contributed by atoms with Gasteiger partial charge >= 0.3 is 0 Å². The number of halogens is 1. The summed E-state index contributed by atoms with van der Waals surface area (Å²) in [6, 6.07) is 7.71. The zero-order chi connectivity index (χ0) is 18.3. The van der Waals surface area contributed by atoms with Crippen LogP contribution in [0, 0.1) is 0 Å². The molecule has 0 spiro atoms. The monoisotopic (exact) mass is 474 g/mol. The van der Waals surface area contributed by atoms with Crippen LogP contribution in [0.4, 0.5) is 0 Å². The van der Waals surface area contributed by atoms with E-state index >= 15 is 0 Å². The summed E-state index contributed by atoms with van der Waals surface area (Å²) >= 11 is 0. The summed E-state index contributed by atoms with van der Waals surface area (Å²) in [5.41, 5.74) is 1.20. The molecule has 0 unspecified atom stereocenters. The van der Waals surface area contributed by atoms with Gasteiger partial charge in [0.25, 0.3) is 5.91 Å². The summed E-state index contributed by atoms with van der Waals surface area (Å²) in [7, 11) is 3.51. The van der Waals surface area contributed by atoms with Crippen molar-refractivity contribution in [1.82, 2.24) is 15.5 Å². The summed E-state index contributed by atoms with van der Waals surface area (Å²) in [6.07, 6.45) is 3.55. The van der Waals surface area contributed by atoms with Crippen molar-refractivity contribution < 1.29 is 9.90 Å². The van der Waals surface area contributed by atoms with Crippen LogP contribution in [-0.2, 0) is 6.42 Å². The fourth-order valence-corrected chi connectivity index (χ4v) is 2.75. The Morgan fingerprint density at radius 3 is 2.62 bits per heavy atom. The molecule has 0 bridgehead atoms. The van der Waals surface area contributed by atoms with Crippen LogP contribution in [0.25, 0.3) is 0 Å². The van der Waals surface area contributed by atoms with Gasteiger partial charge in [0.05, 0.1) is 12.1 Å². The quantitative estimate of drug-likeness (QED) is 0.321. The number of guanidine groups is 1. The molecule has 0 aliphatic heterocycles. The number of benzene rings is 1. The molecule has 0 saturated heterocycles. The fraction of sp³-hybridized carbons (Fsp3) is 0.579. The van der Waals surface area contributed by atoms with Gasteiger partial charge in [-0.3, -0.25) is 9.79 Å². The van der Waals surface area contributed by atoms with Gasteiger partial charge < -0.3 is 20.6 Å². The van der Waals surface area contributed by atoms with Gasteiger partial charge in [0, 0.05) is 32.7 Å². The maximum absolute atomic E-state index is 12.0. The first kappa shape index (κ1) is 22.7. The summed E-state index contributed by atoms with van der Waals surface area (Å²) in [5.74, 6) is 0.738. The van der Waals surface area contributed by atoms with Gasteiger partial charge in [-0.2, -0.15) is 0 Å². The standard InChI is InChI=1S/C19H30N4O2.HI/c1-4-20-18(22-14-19(25)10-6-11-19)21-12-9-15-7-5-8-16(13-15)17(24)23(2)3;/h5,7-8,13,25H,4,6,9-12,14H2,1-3H3,(H2,20,21,22);1H. The molecule has 1 aliphatic rings. The Hall–Kier alpha value is -1.35. The Bertz CT molecular complexity index is 615. The van der Waals surface area contributed by atoms with Crippen LogP contribution >= 0.6 is 24.0 Å². The second kappa shape index (κ2) is 10.7. The Balaban J connectivity index is 0.00000338. The second-order valence-corrected chi connectivity index (χ2v) is 6.85. The molecule has 1 fully saturated rings. The van der Waals surface area contributed by atoms with Crippen LogP contribution in [0.1, 0.15) is 42.1 Å². The first-order chi connectivity index (χ1) is 11.9. The van der Waals surface area contributed by atoms with Crippen LogP contribution in [0.3, 0.4) is 0 Å². The largest absolute Gasteiger partial charge is 0.388 e. The molecule has 0 atom stereocenters. The number of hydrogen-bond acceptors (Lipinski definition) is 3. The smallest absolute Gasteiger partial charge is 0.253 e. The van der Waals surface area contributed by atoms with Crippen molar-refractivity contribution in [2.24, 2.45) is 4.99 Å². The predicted octanol–water partition coefficient (Wildman–Crippen LogP) is 2.02. The van der Waals surface area contributed by atoms with Crippen LogP contribution in [0.15, 0.2) is 29.3 Å². The molecular weight excluding hydrogens is 443 g/mol. The number of rotatable bonds is 7. The van der Waals surface area contributed by atoms with E-state index < -0.39 is 5.60 Å². The molecule has 0 aromatic heterocycles. The Morgan fingerprint density at radius 2 is 2.04 bits per heavy atom. The summed E-state index contributed by atoms with van der Waals surface area (Å²) in [5, 5.41) is 16.7. The van der Waals surface area contributed by atoms with Gasteiger partial charge in [-0.1, -0.05) is 12.1 Å². The minimum absolute atomic E-state index is 0. The molecule has 1 amide bonds. The van der Waals surface area contributed by atoms with E-state index in [1.165, 1.54) is 0 Å². The van der Waals surface area contributed by atoms with Crippen molar-refractivity contribution in [3.63, 3.8) is 0 Å². The maximum atomic E-state index is 12.0. The molecule has 1 saturated carbocycles. The number of carbonyl (C=O) groups is 1. The number of amides is 1. The molecule has 6 nitrogen and oxygen atoms in total. The highest BCUT2D eigenvalue weighted by atomic mass is 127. The Kier molecular flexibility index (Phi) is 9.35. The SMILES string of the molecule is CCNC(=NCC1(O)CCC1)NCCc1cccc(C(=O)N(C)C)c1.I. The van der Waals surface area contributed by atoms with Gasteiger partial charge in [-0.05, 0) is 50.3 Å². The number of nitrogens with zero attached hydrogens (tertiary/aromatic N) is 2. The van der Waals surface area contributed by atoms with E-state index in [1.54, 1.807) is 19.0 Å². The first-order valence-corrected chi connectivity index (χ1v) is 8.99. The van der Waals surface area contributed by atoms with Crippen molar-refractivity contribution in [3.05, 3.63) is 35.4 Å². The Morgan fingerprint density at radius 1 is 1.31 bits per heavy atom. The summed E-state index contributed by atoms with van der Waals surface area (Å²) in [6.45, 7) is 3.95. The average molecular weight is 474 g/mol. The van der Waals surface area contributed by atoms with Crippen LogP contribution in [0.2, 0.25) is 0 Å². The first-order valence-electron chi connectivity index (χ1n) is 8.99. The molecular formula is C19H31IN4O2. The number of aliphatic imine (C=N–C) groups is 1. The van der Waals surface area contributed by atoms with Crippen molar-refractivity contribution in [1.29, 1.82) is 0 Å². The van der Waals surface area contributed by atoms with Crippen LogP contribution < -0.4 is 10.6 Å². The maximum Gasteiger partial charge on any atom is 0.253 e. The van der Waals surface area contributed by atoms with Gasteiger partial charge in [0.1, 0.15) is 0 Å². The van der Waals surface area contributed by atoms with E-state index in [9.17, 15) is 9.90 Å². The molecule has 3 N–H and O–H groups in total. The van der Waals surface area contributed by atoms with Crippen molar-refractivity contribution in [2.75, 3.05) is 33.7 Å². The molecule has 1 aliphatic carbocycles. The lowest BCUT2D eigenvalue weighted by atomic mass is 9.80. The van der Waals surface area contributed by atoms with E-state index in [0.29, 0.717) is 18.7 Å². The van der Waals surface area contributed by atoms with E-state index in [4.69, 9.17) is 0 Å². The van der Waals surface area contributed by atoms with Gasteiger partial charge in [-0.25, -0.2) is 0 Å². The van der Waals surface area contributed by atoms with Crippen molar-refractivity contribution >= 4 is 35.8 Å². The highest BCUT2D eigenvalue weighted by Gasteiger charge is 2.34. The van der Waals surface area contributed by atoms with E-state index in [1.807, 2.05) is 31.2 Å². The zero-order valence-electron chi connectivity index (χ0n) is 15.9. The van der Waals surface area contributed by atoms with Crippen LogP contribution in [-0.4, -0.2) is 61.2 Å². The lowest BCUT2D eigenvalue weighted by Gasteiger charge is -2.35. The highest BCUT2D eigenvalue weighted by molar-refractivity contribution is 14.0. The summed E-state index contributed by atoms with van der Waals surface area (Å²) < 4.78 is 0.